The second kappa shape index (κ2) is 4.65. The van der Waals surface area contributed by atoms with Crippen LogP contribution in [-0.4, -0.2) is 16.5 Å². The molecule has 2 fully saturated rings. The van der Waals surface area contributed by atoms with Crippen LogP contribution in [0.4, 0.5) is 19.1 Å². The minimum atomic E-state index is -4.41. The zero-order chi connectivity index (χ0) is 13.5. The molecular weight excluding hydrogens is 255 g/mol. The van der Waals surface area contributed by atoms with Crippen LogP contribution in [0.25, 0.3) is 0 Å². The van der Waals surface area contributed by atoms with Crippen molar-refractivity contribution in [2.45, 2.75) is 31.9 Å². The molecule has 0 spiro atoms. The molecule has 3 rings (SSSR count). The second-order valence-corrected chi connectivity index (χ2v) is 5.58. The highest BCUT2D eigenvalue weighted by atomic mass is 19.4. The van der Waals surface area contributed by atoms with E-state index in [1.807, 2.05) is 0 Å². The van der Waals surface area contributed by atoms with E-state index in [1.165, 1.54) is 25.7 Å². The molecule has 0 aromatic carbocycles. The van der Waals surface area contributed by atoms with Gasteiger partial charge in [0.25, 0.3) is 0 Å². The van der Waals surface area contributed by atoms with Gasteiger partial charge in [0.2, 0.25) is 5.95 Å². The van der Waals surface area contributed by atoms with E-state index in [0.717, 1.165) is 24.1 Å². The third kappa shape index (κ3) is 2.67. The SMILES string of the molecule is FC(F)(F)c1ccnc(NCC2CC3CCC2C3)n1. The molecule has 1 aromatic rings. The van der Waals surface area contributed by atoms with Gasteiger partial charge in [-0.15, -0.1) is 0 Å². The molecule has 0 radical (unpaired) electrons. The van der Waals surface area contributed by atoms with Crippen molar-refractivity contribution in [1.82, 2.24) is 9.97 Å². The molecule has 0 saturated heterocycles. The van der Waals surface area contributed by atoms with Crippen molar-refractivity contribution in [2.75, 3.05) is 11.9 Å². The summed E-state index contributed by atoms with van der Waals surface area (Å²) in [5.41, 5.74) is -0.891. The lowest BCUT2D eigenvalue weighted by molar-refractivity contribution is -0.141. The second-order valence-electron chi connectivity index (χ2n) is 5.58. The van der Waals surface area contributed by atoms with Gasteiger partial charge in [-0.3, -0.25) is 0 Å². The number of nitrogens with zero attached hydrogens (tertiary/aromatic N) is 2. The largest absolute Gasteiger partial charge is 0.433 e. The normalized spacial score (nSPS) is 29.7. The lowest BCUT2D eigenvalue weighted by atomic mass is 9.89. The fourth-order valence-corrected chi connectivity index (χ4v) is 3.45. The molecule has 2 bridgehead atoms. The number of hydrogen-bond acceptors (Lipinski definition) is 3. The van der Waals surface area contributed by atoms with Gasteiger partial charge in [-0.2, -0.15) is 13.2 Å². The first-order chi connectivity index (χ1) is 9.02. The topological polar surface area (TPSA) is 37.8 Å². The molecule has 3 nitrogen and oxygen atoms in total. The van der Waals surface area contributed by atoms with E-state index in [0.29, 0.717) is 12.5 Å². The Morgan fingerprint density at radius 1 is 1.26 bits per heavy atom. The predicted molar refractivity (Wildman–Crippen MR) is 64.5 cm³/mol. The third-order valence-corrected chi connectivity index (χ3v) is 4.35. The highest BCUT2D eigenvalue weighted by Crippen LogP contribution is 2.48. The van der Waals surface area contributed by atoms with Crippen molar-refractivity contribution in [3.63, 3.8) is 0 Å². The van der Waals surface area contributed by atoms with Crippen LogP contribution in [0.1, 0.15) is 31.4 Å². The lowest BCUT2D eigenvalue weighted by Gasteiger charge is -2.21. The van der Waals surface area contributed by atoms with E-state index in [4.69, 9.17) is 0 Å². The highest BCUT2D eigenvalue weighted by molar-refractivity contribution is 5.26. The Hall–Kier alpha value is -1.33. The Morgan fingerprint density at radius 2 is 2.11 bits per heavy atom. The molecule has 1 N–H and O–H groups in total. The smallest absolute Gasteiger partial charge is 0.354 e. The summed E-state index contributed by atoms with van der Waals surface area (Å²) in [5.74, 6) is 2.22. The lowest BCUT2D eigenvalue weighted by Crippen LogP contribution is -2.21. The first-order valence-electron chi connectivity index (χ1n) is 6.66. The highest BCUT2D eigenvalue weighted by Gasteiger charge is 2.39. The van der Waals surface area contributed by atoms with Crippen molar-refractivity contribution in [3.05, 3.63) is 18.0 Å². The zero-order valence-corrected chi connectivity index (χ0v) is 10.5. The van der Waals surface area contributed by atoms with Gasteiger partial charge in [0.05, 0.1) is 0 Å². The summed E-state index contributed by atoms with van der Waals surface area (Å²) in [6.45, 7) is 0.683. The number of anilines is 1. The van der Waals surface area contributed by atoms with E-state index >= 15 is 0 Å². The van der Waals surface area contributed by atoms with Gasteiger partial charge in [0.1, 0.15) is 5.69 Å². The summed E-state index contributed by atoms with van der Waals surface area (Å²) in [4.78, 5) is 7.37. The molecule has 1 heterocycles. The van der Waals surface area contributed by atoms with Crippen molar-refractivity contribution < 1.29 is 13.2 Å². The van der Waals surface area contributed by atoms with E-state index in [-0.39, 0.29) is 5.95 Å². The minimum absolute atomic E-state index is 0.0811. The summed E-state index contributed by atoms with van der Waals surface area (Å²) in [6, 6.07) is 0.892. The summed E-state index contributed by atoms with van der Waals surface area (Å²) < 4.78 is 37.5. The van der Waals surface area contributed by atoms with E-state index in [1.54, 1.807) is 0 Å². The Balaban J connectivity index is 1.61. The van der Waals surface area contributed by atoms with Gasteiger partial charge >= 0.3 is 6.18 Å². The van der Waals surface area contributed by atoms with Crippen LogP contribution in [0.3, 0.4) is 0 Å². The monoisotopic (exact) mass is 271 g/mol. The predicted octanol–water partition coefficient (Wildman–Crippen LogP) is 3.34. The molecule has 2 aliphatic carbocycles. The molecule has 2 aliphatic rings. The maximum Gasteiger partial charge on any atom is 0.433 e. The van der Waals surface area contributed by atoms with Crippen LogP contribution in [0.2, 0.25) is 0 Å². The van der Waals surface area contributed by atoms with Crippen molar-refractivity contribution in [1.29, 1.82) is 0 Å². The molecule has 1 aromatic heterocycles. The molecule has 0 amide bonds. The first kappa shape index (κ1) is 12.7. The standard InChI is InChI=1S/C13H16F3N3/c14-13(15,16)11-3-4-17-12(19-11)18-7-10-6-8-1-2-9(10)5-8/h3-4,8-10H,1-2,5-7H2,(H,17,18,19). The van der Waals surface area contributed by atoms with E-state index in [9.17, 15) is 13.2 Å². The fraction of sp³-hybridized carbons (Fsp3) is 0.692. The zero-order valence-electron chi connectivity index (χ0n) is 10.5. The average Bonchev–Trinajstić information content (AvgIpc) is 2.98. The van der Waals surface area contributed by atoms with E-state index < -0.39 is 11.9 Å². The summed E-state index contributed by atoms with van der Waals surface area (Å²) in [5, 5.41) is 2.96. The Morgan fingerprint density at radius 3 is 2.74 bits per heavy atom. The molecule has 6 heteroatoms. The number of fused-ring (bicyclic) bond motifs is 2. The molecule has 0 aliphatic heterocycles. The van der Waals surface area contributed by atoms with Crippen LogP contribution in [0.15, 0.2) is 12.3 Å². The number of alkyl halides is 3. The number of rotatable bonds is 3. The molecular formula is C13H16F3N3. The third-order valence-electron chi connectivity index (χ3n) is 4.35. The number of nitrogens with one attached hydrogen (secondary N) is 1. The summed E-state index contributed by atoms with van der Waals surface area (Å²) >= 11 is 0. The van der Waals surface area contributed by atoms with Gasteiger partial charge in [0, 0.05) is 12.7 Å². The average molecular weight is 271 g/mol. The molecule has 3 unspecified atom stereocenters. The number of halogens is 3. The Bertz CT molecular complexity index is 461. The number of aromatic nitrogens is 2. The van der Waals surface area contributed by atoms with E-state index in [2.05, 4.69) is 15.3 Å². The minimum Gasteiger partial charge on any atom is -0.354 e. The van der Waals surface area contributed by atoms with Crippen LogP contribution in [-0.2, 0) is 6.18 Å². The van der Waals surface area contributed by atoms with Crippen molar-refractivity contribution in [3.8, 4) is 0 Å². The quantitative estimate of drug-likeness (QED) is 0.916. The van der Waals surface area contributed by atoms with Gasteiger partial charge in [0.15, 0.2) is 0 Å². The van der Waals surface area contributed by atoms with Crippen molar-refractivity contribution in [2.24, 2.45) is 17.8 Å². The van der Waals surface area contributed by atoms with Gasteiger partial charge < -0.3 is 5.32 Å². The fourth-order valence-electron chi connectivity index (χ4n) is 3.45. The van der Waals surface area contributed by atoms with Crippen molar-refractivity contribution >= 4 is 5.95 Å². The van der Waals surface area contributed by atoms with Crippen LogP contribution in [0.5, 0.6) is 0 Å². The summed E-state index contributed by atoms with van der Waals surface area (Å²) in [7, 11) is 0. The first-order valence-corrected chi connectivity index (χ1v) is 6.66. The molecule has 19 heavy (non-hydrogen) atoms. The molecule has 3 atom stereocenters. The maximum atomic E-state index is 12.5. The Kier molecular flexibility index (Phi) is 3.11. The summed E-state index contributed by atoms with van der Waals surface area (Å²) in [6.07, 6.45) is 1.80. The molecule has 104 valence electrons. The molecule has 2 saturated carbocycles. The number of hydrogen-bond donors (Lipinski definition) is 1. The van der Waals surface area contributed by atoms with Crippen LogP contribution in [0, 0.1) is 17.8 Å². The van der Waals surface area contributed by atoms with Gasteiger partial charge in [-0.1, -0.05) is 6.42 Å². The van der Waals surface area contributed by atoms with Gasteiger partial charge in [-0.05, 0) is 43.1 Å². The van der Waals surface area contributed by atoms with Gasteiger partial charge in [-0.25, -0.2) is 9.97 Å². The van der Waals surface area contributed by atoms with Crippen LogP contribution < -0.4 is 5.32 Å². The Labute approximate surface area is 109 Å². The maximum absolute atomic E-state index is 12.5. The van der Waals surface area contributed by atoms with Crippen LogP contribution >= 0.6 is 0 Å².